The van der Waals surface area contributed by atoms with Crippen LogP contribution in [0.5, 0.6) is 0 Å². The summed E-state index contributed by atoms with van der Waals surface area (Å²) >= 11 is 0. The van der Waals surface area contributed by atoms with Gasteiger partial charge in [0, 0.05) is 10.6 Å². The lowest BCUT2D eigenvalue weighted by Crippen LogP contribution is -2.00. The molecule has 0 aromatic heterocycles. The lowest BCUT2D eigenvalue weighted by Gasteiger charge is -2.04. The van der Waals surface area contributed by atoms with Crippen LogP contribution < -0.4 is 5.73 Å². The summed E-state index contributed by atoms with van der Waals surface area (Å²) in [7, 11) is -4.36. The Morgan fingerprint density at radius 1 is 1.00 bits per heavy atom. The molecule has 2 rings (SSSR count). The number of hydrogen-bond acceptors (Lipinski definition) is 3. The molecule has 0 bridgehead atoms. The molecule has 0 aliphatic heterocycles. The van der Waals surface area contributed by atoms with Crippen molar-refractivity contribution in [1.82, 2.24) is 0 Å². The van der Waals surface area contributed by atoms with Gasteiger partial charge in [-0.2, -0.15) is 8.42 Å². The van der Waals surface area contributed by atoms with E-state index in [9.17, 15) is 8.42 Å². The fourth-order valence-corrected chi connectivity index (χ4v) is 4.48. The predicted molar refractivity (Wildman–Crippen MR) is 83.2 cm³/mol. The number of hydrogen-bond donors (Lipinski definition) is 1. The zero-order valence-electron chi connectivity index (χ0n) is 11.3. The minimum absolute atomic E-state index is 0.220. The number of nitrogens with zero attached hydrogens (tertiary/aromatic N) is 1. The van der Waals surface area contributed by atoms with Crippen molar-refractivity contribution in [3.63, 3.8) is 0 Å². The van der Waals surface area contributed by atoms with Crippen LogP contribution in [0.2, 0.25) is 0 Å². The number of aryl methyl sites for hydroxylation is 1. The maximum absolute atomic E-state index is 12.2. The number of rotatable bonds is 3. The van der Waals surface area contributed by atoms with Crippen molar-refractivity contribution in [2.75, 3.05) is 12.0 Å². The number of nitrogens with two attached hydrogens (primary N) is 1. The third kappa shape index (κ3) is 3.46. The highest BCUT2D eigenvalue weighted by molar-refractivity contribution is 7.99. The fourth-order valence-electron chi connectivity index (χ4n) is 1.61. The molecule has 20 heavy (non-hydrogen) atoms. The Morgan fingerprint density at radius 2 is 1.55 bits per heavy atom. The molecule has 0 aliphatic rings. The molecule has 2 aromatic rings. The highest BCUT2D eigenvalue weighted by Gasteiger charge is 2.13. The standard InChI is InChI=1S/C14H16N2O2S2/c1-11-3-9-14(10-4-11)20(17,18)16-19(2)13-7-5-12(15)6-8-13/h3-10H,15H2,1-2H3/t19-/m0/s1. The van der Waals surface area contributed by atoms with Crippen molar-refractivity contribution in [3.8, 4) is 0 Å². The molecule has 0 radical (unpaired) electrons. The first-order chi connectivity index (χ1) is 9.38. The fraction of sp³-hybridized carbons (Fsp3) is 0.143. The van der Waals surface area contributed by atoms with Gasteiger partial charge >= 0.3 is 0 Å². The summed E-state index contributed by atoms with van der Waals surface area (Å²) < 4.78 is 28.4. The number of sulfonamides is 1. The maximum Gasteiger partial charge on any atom is 0.288 e. The van der Waals surface area contributed by atoms with Crippen molar-refractivity contribution in [1.29, 1.82) is 0 Å². The van der Waals surface area contributed by atoms with E-state index in [1.54, 1.807) is 54.8 Å². The van der Waals surface area contributed by atoms with Crippen LogP contribution in [0.3, 0.4) is 0 Å². The largest absolute Gasteiger partial charge is 0.399 e. The minimum Gasteiger partial charge on any atom is -0.399 e. The molecular formula is C14H16N2O2S2. The van der Waals surface area contributed by atoms with Gasteiger partial charge in [0.15, 0.2) is 0 Å². The van der Waals surface area contributed by atoms with Gasteiger partial charge in [0.05, 0.1) is 4.90 Å². The zero-order valence-corrected chi connectivity index (χ0v) is 12.9. The molecule has 0 aliphatic carbocycles. The molecule has 0 fully saturated rings. The average Bonchev–Trinajstić information content (AvgIpc) is 2.39. The van der Waals surface area contributed by atoms with E-state index in [4.69, 9.17) is 5.73 Å². The monoisotopic (exact) mass is 308 g/mol. The molecule has 6 heteroatoms. The van der Waals surface area contributed by atoms with Gasteiger partial charge in [-0.3, -0.25) is 0 Å². The van der Waals surface area contributed by atoms with Gasteiger partial charge in [0.1, 0.15) is 0 Å². The first-order valence-electron chi connectivity index (χ1n) is 5.95. The van der Waals surface area contributed by atoms with E-state index in [0.717, 1.165) is 10.5 Å². The van der Waals surface area contributed by atoms with Gasteiger partial charge < -0.3 is 5.73 Å². The van der Waals surface area contributed by atoms with E-state index in [2.05, 4.69) is 3.77 Å². The molecule has 1 atom stereocenters. The van der Waals surface area contributed by atoms with E-state index < -0.39 is 20.7 Å². The Kier molecular flexibility index (Phi) is 4.25. The molecule has 0 unspecified atom stereocenters. The normalized spacial score (nSPS) is 13.3. The highest BCUT2D eigenvalue weighted by Crippen LogP contribution is 2.17. The summed E-state index contributed by atoms with van der Waals surface area (Å²) in [5.74, 6) is 0. The summed E-state index contributed by atoms with van der Waals surface area (Å²) in [5.41, 5.74) is 7.27. The van der Waals surface area contributed by atoms with E-state index in [0.29, 0.717) is 5.69 Å². The molecule has 0 saturated heterocycles. The Labute approximate surface area is 121 Å². The van der Waals surface area contributed by atoms with E-state index in [-0.39, 0.29) is 4.90 Å². The second-order valence-corrected chi connectivity index (χ2v) is 7.85. The molecule has 2 aromatic carbocycles. The van der Waals surface area contributed by atoms with Gasteiger partial charge in [0.25, 0.3) is 10.0 Å². The van der Waals surface area contributed by atoms with Crippen molar-refractivity contribution >= 4 is 26.4 Å². The molecule has 0 spiro atoms. The van der Waals surface area contributed by atoms with Gasteiger partial charge in [-0.05, 0) is 49.6 Å². The predicted octanol–water partition coefficient (Wildman–Crippen LogP) is 2.76. The number of anilines is 1. The van der Waals surface area contributed by atoms with Crippen LogP contribution >= 0.6 is 0 Å². The minimum atomic E-state index is -3.63. The zero-order chi connectivity index (χ0) is 14.8. The molecule has 4 nitrogen and oxygen atoms in total. The smallest absolute Gasteiger partial charge is 0.288 e. The summed E-state index contributed by atoms with van der Waals surface area (Å²) in [6.07, 6.45) is 1.78. The van der Waals surface area contributed by atoms with Gasteiger partial charge in [-0.25, -0.2) is 0 Å². The maximum atomic E-state index is 12.2. The lowest BCUT2D eigenvalue weighted by atomic mass is 10.2. The summed E-state index contributed by atoms with van der Waals surface area (Å²) in [6, 6.07) is 13.8. The second kappa shape index (κ2) is 5.76. The third-order valence-corrected chi connectivity index (χ3v) is 6.25. The molecular weight excluding hydrogens is 292 g/mol. The molecule has 2 N–H and O–H groups in total. The Morgan fingerprint density at radius 3 is 2.10 bits per heavy atom. The summed E-state index contributed by atoms with van der Waals surface area (Å²) in [6.45, 7) is 1.91. The Hall–Kier alpha value is -1.66. The van der Waals surface area contributed by atoms with Crippen LogP contribution in [-0.4, -0.2) is 14.7 Å². The number of benzene rings is 2. The first-order valence-corrected chi connectivity index (χ1v) is 8.98. The first kappa shape index (κ1) is 14.7. The van der Waals surface area contributed by atoms with Crippen molar-refractivity contribution in [2.45, 2.75) is 16.7 Å². The molecule has 0 amide bonds. The quantitative estimate of drug-likeness (QED) is 0.886. The van der Waals surface area contributed by atoms with Gasteiger partial charge in [-0.1, -0.05) is 28.4 Å². The highest BCUT2D eigenvalue weighted by atomic mass is 32.3. The summed E-state index contributed by atoms with van der Waals surface area (Å²) in [4.78, 5) is 1.06. The second-order valence-electron chi connectivity index (χ2n) is 4.41. The van der Waals surface area contributed by atoms with Crippen LogP contribution in [0.4, 0.5) is 5.69 Å². The number of nitrogen functional groups attached to an aromatic ring is 1. The van der Waals surface area contributed by atoms with Crippen LogP contribution in [-0.2, 0) is 20.7 Å². The van der Waals surface area contributed by atoms with Gasteiger partial charge in [-0.15, -0.1) is 3.77 Å². The van der Waals surface area contributed by atoms with Crippen molar-refractivity contribution in [3.05, 3.63) is 54.1 Å². The van der Waals surface area contributed by atoms with Crippen LogP contribution in [0, 0.1) is 6.92 Å². The lowest BCUT2D eigenvalue weighted by molar-refractivity contribution is 0.598. The summed E-state index contributed by atoms with van der Waals surface area (Å²) in [5, 5.41) is 0. The Bertz CT molecular complexity index is 734. The van der Waals surface area contributed by atoms with E-state index in [1.165, 1.54) is 0 Å². The van der Waals surface area contributed by atoms with Crippen LogP contribution in [0.15, 0.2) is 62.1 Å². The van der Waals surface area contributed by atoms with E-state index >= 15 is 0 Å². The SMILES string of the molecule is Cc1ccc(S(=O)(=O)N=[S@@](C)c2ccc(N)cc2)cc1. The Balaban J connectivity index is 2.37. The molecule has 106 valence electrons. The van der Waals surface area contributed by atoms with Gasteiger partial charge in [0.2, 0.25) is 0 Å². The molecule has 0 heterocycles. The van der Waals surface area contributed by atoms with Crippen molar-refractivity contribution < 1.29 is 8.42 Å². The van der Waals surface area contributed by atoms with Crippen molar-refractivity contribution in [2.24, 2.45) is 3.77 Å². The van der Waals surface area contributed by atoms with Crippen LogP contribution in [0.1, 0.15) is 5.56 Å². The molecule has 0 saturated carbocycles. The topological polar surface area (TPSA) is 72.5 Å². The average molecular weight is 308 g/mol. The van der Waals surface area contributed by atoms with E-state index in [1.807, 2.05) is 6.92 Å². The van der Waals surface area contributed by atoms with Crippen LogP contribution in [0.25, 0.3) is 0 Å². The third-order valence-electron chi connectivity index (χ3n) is 2.75.